The van der Waals surface area contributed by atoms with Gasteiger partial charge in [-0.05, 0) is 23.2 Å². The Morgan fingerprint density at radius 3 is 1.14 bits per heavy atom. The monoisotopic (exact) mass is 206 g/mol. The molecule has 5 heteroatoms. The van der Waals surface area contributed by atoms with Gasteiger partial charge in [-0.1, -0.05) is 0 Å². The smallest absolute Gasteiger partial charge is 0.271 e. The second kappa shape index (κ2) is 4.56. The molecule has 0 amide bonds. The first-order chi connectivity index (χ1) is 2.64. The van der Waals surface area contributed by atoms with Crippen LogP contribution in [0.5, 0.6) is 0 Å². The second-order valence-electron chi connectivity index (χ2n) is 0.547. The molecule has 0 radical (unpaired) electrons. The van der Waals surface area contributed by atoms with Gasteiger partial charge >= 0.3 is 10.5 Å². The Morgan fingerprint density at radius 2 is 1.14 bits per heavy atom. The maximum absolute atomic E-state index is 9.43. The van der Waals surface area contributed by atoms with Gasteiger partial charge in [-0.3, -0.25) is 9.59 Å². The zero-order valence-corrected chi connectivity index (χ0v) is 6.21. The zero-order chi connectivity index (χ0) is 5.15. The molecule has 0 bridgehead atoms. The Kier molecular flexibility index (Phi) is 6.77. The van der Waals surface area contributed by atoms with E-state index in [-0.39, 0.29) is 17.0 Å². The van der Waals surface area contributed by atoms with Gasteiger partial charge in [0.15, 0.2) is 0 Å². The van der Waals surface area contributed by atoms with Crippen LogP contribution >= 0.6 is 40.2 Å². The molecule has 0 aliphatic rings. The van der Waals surface area contributed by atoms with Crippen molar-refractivity contribution in [3.63, 3.8) is 0 Å². The minimum absolute atomic E-state index is 0. The topological polar surface area (TPSA) is 34.1 Å². The van der Waals surface area contributed by atoms with Gasteiger partial charge in [-0.25, -0.2) is 0 Å². The molecule has 0 fully saturated rings. The fourth-order valence-corrected chi connectivity index (χ4v) is 0. The SMILES string of the molecule is Br.O=C(Cl)C(=O)Cl. The number of halogens is 3. The van der Waals surface area contributed by atoms with Crippen LogP contribution in [0.4, 0.5) is 0 Å². The largest absolute Gasteiger partial charge is 0.304 e. The summed E-state index contributed by atoms with van der Waals surface area (Å²) in [4.78, 5) is 18.9. The van der Waals surface area contributed by atoms with Crippen molar-refractivity contribution in [1.82, 2.24) is 0 Å². The first kappa shape index (κ1) is 10.4. The summed E-state index contributed by atoms with van der Waals surface area (Å²) in [7, 11) is 0. The highest BCUT2D eigenvalue weighted by Gasteiger charge is 2.01. The molecule has 0 atom stereocenters. The number of carbonyl (C=O) groups is 2. The van der Waals surface area contributed by atoms with E-state index in [4.69, 9.17) is 0 Å². The lowest BCUT2D eigenvalue weighted by atomic mass is 10.9. The van der Waals surface area contributed by atoms with Crippen LogP contribution in [-0.2, 0) is 9.59 Å². The van der Waals surface area contributed by atoms with Crippen LogP contribution in [0.25, 0.3) is 0 Å². The standard InChI is InChI=1S/C2Cl2O2.BrH/c3-1(5)2(4)6;/h;1H. The number of carbonyl (C=O) groups excluding carboxylic acids is 2. The Hall–Kier alpha value is 0.400. The molecule has 0 aliphatic carbocycles. The van der Waals surface area contributed by atoms with Crippen molar-refractivity contribution in [3.8, 4) is 0 Å². The van der Waals surface area contributed by atoms with E-state index in [0.717, 1.165) is 0 Å². The van der Waals surface area contributed by atoms with E-state index < -0.39 is 10.5 Å². The van der Waals surface area contributed by atoms with Crippen molar-refractivity contribution in [3.05, 3.63) is 0 Å². The van der Waals surface area contributed by atoms with Gasteiger partial charge < -0.3 is 0 Å². The van der Waals surface area contributed by atoms with Crippen LogP contribution < -0.4 is 0 Å². The third kappa shape index (κ3) is 6.40. The highest BCUT2D eigenvalue weighted by atomic mass is 79.9. The predicted octanol–water partition coefficient (Wildman–Crippen LogP) is 1.10. The second-order valence-corrected chi connectivity index (χ2v) is 1.23. The van der Waals surface area contributed by atoms with E-state index in [1.807, 2.05) is 0 Å². The van der Waals surface area contributed by atoms with E-state index in [1.54, 1.807) is 0 Å². The molecule has 42 valence electrons. The van der Waals surface area contributed by atoms with E-state index in [9.17, 15) is 9.59 Å². The van der Waals surface area contributed by atoms with Crippen molar-refractivity contribution in [2.24, 2.45) is 0 Å². The first-order valence-corrected chi connectivity index (χ1v) is 1.79. The van der Waals surface area contributed by atoms with Crippen molar-refractivity contribution in [2.45, 2.75) is 0 Å². The van der Waals surface area contributed by atoms with Crippen LogP contribution in [0, 0.1) is 0 Å². The molecule has 0 aromatic heterocycles. The Bertz CT molecular complexity index is 79.7. The van der Waals surface area contributed by atoms with E-state index in [1.165, 1.54) is 0 Å². The van der Waals surface area contributed by atoms with E-state index in [2.05, 4.69) is 23.2 Å². The summed E-state index contributed by atoms with van der Waals surface area (Å²) >= 11 is 8.98. The maximum Gasteiger partial charge on any atom is 0.304 e. The predicted molar refractivity (Wildman–Crippen MR) is 32.0 cm³/mol. The van der Waals surface area contributed by atoms with Gasteiger partial charge in [0.05, 0.1) is 0 Å². The average Bonchev–Trinajstić information content (AvgIpc) is 1.36. The lowest BCUT2D eigenvalue weighted by Crippen LogP contribution is -1.94. The third-order valence-electron chi connectivity index (χ3n) is 0.155. The van der Waals surface area contributed by atoms with Gasteiger partial charge in [0.2, 0.25) is 0 Å². The molecule has 0 aromatic rings. The minimum Gasteiger partial charge on any atom is -0.271 e. The van der Waals surface area contributed by atoms with Gasteiger partial charge in [-0.2, -0.15) is 0 Å². The molecule has 0 spiro atoms. The van der Waals surface area contributed by atoms with Crippen LogP contribution in [-0.4, -0.2) is 10.5 Å². The average molecular weight is 208 g/mol. The summed E-state index contributed by atoms with van der Waals surface area (Å²) in [5, 5.41) is -2.28. The summed E-state index contributed by atoms with van der Waals surface area (Å²) < 4.78 is 0. The molecule has 0 N–H and O–H groups in total. The van der Waals surface area contributed by atoms with Gasteiger partial charge in [0, 0.05) is 0 Å². The molecule has 0 aromatic carbocycles. The summed E-state index contributed by atoms with van der Waals surface area (Å²) in [6, 6.07) is 0. The molecule has 0 heterocycles. The highest BCUT2D eigenvalue weighted by Crippen LogP contribution is 1.84. The van der Waals surface area contributed by atoms with Crippen LogP contribution in [0.2, 0.25) is 0 Å². The summed E-state index contributed by atoms with van der Waals surface area (Å²) in [5.41, 5.74) is 0. The maximum atomic E-state index is 9.43. The summed E-state index contributed by atoms with van der Waals surface area (Å²) in [6.07, 6.45) is 0. The van der Waals surface area contributed by atoms with Gasteiger partial charge in [0.25, 0.3) is 0 Å². The van der Waals surface area contributed by atoms with Crippen molar-refractivity contribution in [1.29, 1.82) is 0 Å². The molecule has 0 unspecified atom stereocenters. The first-order valence-electron chi connectivity index (χ1n) is 1.04. The molecule has 7 heavy (non-hydrogen) atoms. The minimum atomic E-state index is -1.14. The molecule has 0 saturated heterocycles. The van der Waals surface area contributed by atoms with Crippen LogP contribution in [0.1, 0.15) is 0 Å². The normalized spacial score (nSPS) is 6.57. The molecular formula is C2HBrCl2O2. The number of hydrogen-bond donors (Lipinski definition) is 0. The summed E-state index contributed by atoms with van der Waals surface area (Å²) in [6.45, 7) is 0. The van der Waals surface area contributed by atoms with E-state index in [0.29, 0.717) is 0 Å². The Labute approximate surface area is 60.5 Å². The van der Waals surface area contributed by atoms with E-state index >= 15 is 0 Å². The lowest BCUT2D eigenvalue weighted by molar-refractivity contribution is -0.127. The van der Waals surface area contributed by atoms with Crippen molar-refractivity contribution in [2.75, 3.05) is 0 Å². The molecule has 0 rings (SSSR count). The molecule has 0 aliphatic heterocycles. The van der Waals surface area contributed by atoms with Crippen molar-refractivity contribution < 1.29 is 9.59 Å². The number of hydrogen-bond acceptors (Lipinski definition) is 2. The van der Waals surface area contributed by atoms with Gasteiger partial charge in [0.1, 0.15) is 0 Å². The molecule has 0 saturated carbocycles. The number of rotatable bonds is 1. The van der Waals surface area contributed by atoms with Crippen LogP contribution in [0.15, 0.2) is 0 Å². The molecule has 2 nitrogen and oxygen atoms in total. The van der Waals surface area contributed by atoms with Gasteiger partial charge in [-0.15, -0.1) is 17.0 Å². The Morgan fingerprint density at radius 1 is 1.00 bits per heavy atom. The third-order valence-corrected chi connectivity index (χ3v) is 0.595. The van der Waals surface area contributed by atoms with Crippen molar-refractivity contribution >= 4 is 50.7 Å². The lowest BCUT2D eigenvalue weighted by Gasteiger charge is -1.67. The fraction of sp³-hybridized carbons (Fsp3) is 0. The Balaban J connectivity index is 0. The molecular weight excluding hydrogens is 207 g/mol. The summed E-state index contributed by atoms with van der Waals surface area (Å²) in [5.74, 6) is 0. The highest BCUT2D eigenvalue weighted by molar-refractivity contribution is 8.93. The fourth-order valence-electron chi connectivity index (χ4n) is 0. The van der Waals surface area contributed by atoms with Crippen LogP contribution in [0.3, 0.4) is 0 Å². The quantitative estimate of drug-likeness (QED) is 0.477. The zero-order valence-electron chi connectivity index (χ0n) is 2.98.